The number of rotatable bonds is 23. The van der Waals surface area contributed by atoms with Crippen LogP contribution in [0.15, 0.2) is 12.2 Å². The first-order chi connectivity index (χ1) is 15.1. The minimum absolute atomic E-state index is 0.00559. The van der Waals surface area contributed by atoms with Crippen LogP contribution < -0.4 is 0 Å². The van der Waals surface area contributed by atoms with E-state index in [1.165, 1.54) is 57.8 Å². The fourth-order valence-electron chi connectivity index (χ4n) is 3.75. The zero-order valence-electron chi connectivity index (χ0n) is 20.5. The van der Waals surface area contributed by atoms with Crippen LogP contribution >= 0.6 is 0 Å². The average molecular weight is 439 g/mol. The smallest absolute Gasteiger partial charge is 0.306 e. The van der Waals surface area contributed by atoms with E-state index in [9.17, 15) is 9.59 Å². The fraction of sp³-hybridized carbons (Fsp3) is 0.852. The van der Waals surface area contributed by atoms with Crippen molar-refractivity contribution in [3.8, 4) is 0 Å². The number of carboxylic acids is 1. The van der Waals surface area contributed by atoms with Crippen LogP contribution in [0.1, 0.15) is 142 Å². The number of ether oxygens (including phenoxy) is 1. The summed E-state index contributed by atoms with van der Waals surface area (Å²) >= 11 is 0. The molecule has 31 heavy (non-hydrogen) atoms. The molecule has 1 N–H and O–H groups in total. The monoisotopic (exact) mass is 438 g/mol. The van der Waals surface area contributed by atoms with Gasteiger partial charge in [-0.25, -0.2) is 0 Å². The van der Waals surface area contributed by atoms with Gasteiger partial charge in [-0.3, -0.25) is 9.59 Å². The molecule has 0 aliphatic carbocycles. The number of hydrogen-bond donors (Lipinski definition) is 1. The number of carbonyl (C=O) groups excluding carboxylic acids is 1. The Balaban J connectivity index is 3.71. The van der Waals surface area contributed by atoms with Gasteiger partial charge in [0, 0.05) is 12.8 Å². The topological polar surface area (TPSA) is 63.6 Å². The minimum atomic E-state index is -0.733. The summed E-state index contributed by atoms with van der Waals surface area (Å²) in [6.07, 6.45) is 25.4. The summed E-state index contributed by atoms with van der Waals surface area (Å²) in [6.45, 7) is 4.40. The Morgan fingerprint density at radius 1 is 0.677 bits per heavy atom. The normalized spacial score (nSPS) is 12.3. The van der Waals surface area contributed by atoms with Crippen molar-refractivity contribution >= 4 is 11.9 Å². The van der Waals surface area contributed by atoms with Gasteiger partial charge in [-0.15, -0.1) is 0 Å². The highest BCUT2D eigenvalue weighted by Gasteiger charge is 2.14. The van der Waals surface area contributed by atoms with E-state index in [4.69, 9.17) is 9.84 Å². The maximum atomic E-state index is 12.2. The standard InChI is InChI=1S/C27H50O4/c1-3-5-7-8-9-10-11-12-13-14-15-16-20-24-27(30)31-25(21-6-4-2)22-18-17-19-23-26(28)29/h10-11,25H,3-9,12-24H2,1-2H3,(H,28,29)/b11-10-. The van der Waals surface area contributed by atoms with Crippen molar-refractivity contribution in [2.24, 2.45) is 0 Å². The van der Waals surface area contributed by atoms with Crippen LogP contribution in [-0.2, 0) is 14.3 Å². The fourth-order valence-corrected chi connectivity index (χ4v) is 3.75. The van der Waals surface area contributed by atoms with Gasteiger partial charge in [0.25, 0.3) is 0 Å². The van der Waals surface area contributed by atoms with Crippen LogP contribution in [0.25, 0.3) is 0 Å². The predicted molar refractivity (Wildman–Crippen MR) is 130 cm³/mol. The second-order valence-electron chi connectivity index (χ2n) is 8.87. The Bertz CT molecular complexity index is 445. The van der Waals surface area contributed by atoms with Gasteiger partial charge in [0.15, 0.2) is 0 Å². The quantitative estimate of drug-likeness (QED) is 0.0988. The minimum Gasteiger partial charge on any atom is -0.481 e. The van der Waals surface area contributed by atoms with Crippen LogP contribution in [0.2, 0.25) is 0 Å². The van der Waals surface area contributed by atoms with E-state index in [1.54, 1.807) is 0 Å². The van der Waals surface area contributed by atoms with Gasteiger partial charge < -0.3 is 9.84 Å². The van der Waals surface area contributed by atoms with Crippen molar-refractivity contribution in [2.45, 2.75) is 148 Å². The number of allylic oxidation sites excluding steroid dienone is 2. The largest absolute Gasteiger partial charge is 0.481 e. The Labute approximate surface area is 192 Å². The third-order valence-corrected chi connectivity index (χ3v) is 5.74. The van der Waals surface area contributed by atoms with Crippen molar-refractivity contribution in [3.63, 3.8) is 0 Å². The van der Waals surface area contributed by atoms with Crippen LogP contribution in [0, 0.1) is 0 Å². The summed E-state index contributed by atoms with van der Waals surface area (Å²) in [4.78, 5) is 22.8. The molecular weight excluding hydrogens is 388 g/mol. The van der Waals surface area contributed by atoms with Gasteiger partial charge in [-0.2, -0.15) is 0 Å². The Kier molecular flexibility index (Phi) is 22.4. The van der Waals surface area contributed by atoms with Gasteiger partial charge in [0.05, 0.1) is 0 Å². The van der Waals surface area contributed by atoms with Gasteiger partial charge in [0.2, 0.25) is 0 Å². The molecule has 4 nitrogen and oxygen atoms in total. The Hall–Kier alpha value is -1.32. The summed E-state index contributed by atoms with van der Waals surface area (Å²) in [5.41, 5.74) is 0. The number of carboxylic acid groups (broad SMARTS) is 1. The van der Waals surface area contributed by atoms with Crippen molar-refractivity contribution < 1.29 is 19.4 Å². The van der Waals surface area contributed by atoms with Gasteiger partial charge >= 0.3 is 11.9 Å². The highest BCUT2D eigenvalue weighted by molar-refractivity contribution is 5.69. The lowest BCUT2D eigenvalue weighted by Gasteiger charge is -2.17. The van der Waals surface area contributed by atoms with Crippen LogP contribution in [-0.4, -0.2) is 23.1 Å². The van der Waals surface area contributed by atoms with Gasteiger partial charge in [0.1, 0.15) is 6.10 Å². The highest BCUT2D eigenvalue weighted by Crippen LogP contribution is 2.16. The van der Waals surface area contributed by atoms with Crippen molar-refractivity contribution in [1.29, 1.82) is 0 Å². The first kappa shape index (κ1) is 29.7. The second-order valence-corrected chi connectivity index (χ2v) is 8.87. The molecule has 0 aromatic heterocycles. The lowest BCUT2D eigenvalue weighted by molar-refractivity contribution is -0.150. The van der Waals surface area contributed by atoms with E-state index in [2.05, 4.69) is 26.0 Å². The van der Waals surface area contributed by atoms with Crippen LogP contribution in [0.5, 0.6) is 0 Å². The first-order valence-electron chi connectivity index (χ1n) is 13.2. The molecule has 0 spiro atoms. The average Bonchev–Trinajstić information content (AvgIpc) is 2.74. The molecule has 0 radical (unpaired) electrons. The summed E-state index contributed by atoms with van der Waals surface area (Å²) in [5, 5.41) is 8.70. The molecule has 0 aliphatic heterocycles. The maximum Gasteiger partial charge on any atom is 0.306 e. The number of aliphatic carboxylic acids is 1. The molecular formula is C27H50O4. The van der Waals surface area contributed by atoms with Crippen LogP contribution in [0.4, 0.5) is 0 Å². The lowest BCUT2D eigenvalue weighted by atomic mass is 10.0. The van der Waals surface area contributed by atoms with Gasteiger partial charge in [-0.1, -0.05) is 83.8 Å². The molecule has 0 heterocycles. The molecule has 0 aliphatic rings. The maximum absolute atomic E-state index is 12.2. The zero-order valence-corrected chi connectivity index (χ0v) is 20.5. The van der Waals surface area contributed by atoms with E-state index in [0.29, 0.717) is 12.8 Å². The second kappa shape index (κ2) is 23.3. The van der Waals surface area contributed by atoms with E-state index in [-0.39, 0.29) is 18.5 Å². The summed E-state index contributed by atoms with van der Waals surface area (Å²) in [6, 6.07) is 0. The molecule has 0 rings (SSSR count). The summed E-state index contributed by atoms with van der Waals surface area (Å²) < 4.78 is 5.72. The number of esters is 1. The van der Waals surface area contributed by atoms with E-state index >= 15 is 0 Å². The molecule has 0 aromatic rings. The number of hydrogen-bond acceptors (Lipinski definition) is 3. The Morgan fingerprint density at radius 3 is 1.84 bits per heavy atom. The lowest BCUT2D eigenvalue weighted by Crippen LogP contribution is -2.18. The SMILES string of the molecule is CCCCCC/C=C\CCCCCCCC(=O)OC(CCCC)CCCCCC(=O)O. The van der Waals surface area contributed by atoms with E-state index in [1.807, 2.05) is 0 Å². The van der Waals surface area contributed by atoms with Crippen LogP contribution in [0.3, 0.4) is 0 Å². The molecule has 182 valence electrons. The Morgan fingerprint density at radius 2 is 1.19 bits per heavy atom. The molecule has 0 aromatic carbocycles. The first-order valence-corrected chi connectivity index (χ1v) is 13.2. The molecule has 0 bridgehead atoms. The zero-order chi connectivity index (χ0) is 23.0. The molecule has 4 heteroatoms. The summed E-state index contributed by atoms with van der Waals surface area (Å²) in [7, 11) is 0. The predicted octanol–water partition coefficient (Wildman–Crippen LogP) is 8.38. The molecule has 0 saturated carbocycles. The number of unbranched alkanes of at least 4 members (excludes halogenated alkanes) is 12. The van der Waals surface area contributed by atoms with Crippen molar-refractivity contribution in [3.05, 3.63) is 12.2 Å². The molecule has 0 amide bonds. The van der Waals surface area contributed by atoms with Crippen molar-refractivity contribution in [2.75, 3.05) is 0 Å². The number of carbonyl (C=O) groups is 2. The van der Waals surface area contributed by atoms with Gasteiger partial charge in [-0.05, 0) is 57.8 Å². The van der Waals surface area contributed by atoms with E-state index in [0.717, 1.165) is 51.4 Å². The van der Waals surface area contributed by atoms with E-state index < -0.39 is 5.97 Å². The molecule has 1 atom stereocenters. The molecule has 0 fully saturated rings. The summed E-state index contributed by atoms with van der Waals surface area (Å²) in [5.74, 6) is -0.791. The third kappa shape index (κ3) is 23.2. The molecule has 1 unspecified atom stereocenters. The highest BCUT2D eigenvalue weighted by atomic mass is 16.5. The third-order valence-electron chi connectivity index (χ3n) is 5.74. The molecule has 0 saturated heterocycles. The van der Waals surface area contributed by atoms with Crippen molar-refractivity contribution in [1.82, 2.24) is 0 Å².